The number of thiophene rings is 1. The minimum Gasteiger partial charge on any atom is -0.481 e. The number of carboxylic acids is 1. The largest absolute Gasteiger partial charge is 0.481 e. The molecule has 138 valence electrons. The van der Waals surface area contributed by atoms with Gasteiger partial charge in [0.2, 0.25) is 0 Å². The summed E-state index contributed by atoms with van der Waals surface area (Å²) in [6, 6.07) is 0. The predicted molar refractivity (Wildman–Crippen MR) is 101 cm³/mol. The molecular weight excluding hydrogens is 383 g/mol. The zero-order chi connectivity index (χ0) is 18.4. The van der Waals surface area contributed by atoms with Crippen LogP contribution in [-0.4, -0.2) is 28.1 Å². The van der Waals surface area contributed by atoms with Gasteiger partial charge in [0.1, 0.15) is 10.1 Å². The molecule has 1 aromatic rings. The summed E-state index contributed by atoms with van der Waals surface area (Å²) >= 11 is 13.5. The third-order valence-electron chi connectivity index (χ3n) is 4.61. The molecule has 1 aromatic heterocycles. The van der Waals surface area contributed by atoms with Gasteiger partial charge in [0.15, 0.2) is 0 Å². The van der Waals surface area contributed by atoms with E-state index in [9.17, 15) is 14.7 Å². The number of aliphatic carboxylic acids is 1. The van der Waals surface area contributed by atoms with Crippen LogP contribution in [-0.2, 0) is 9.59 Å². The van der Waals surface area contributed by atoms with Crippen molar-refractivity contribution in [1.82, 2.24) is 0 Å². The number of hydrogen-bond acceptors (Lipinski definition) is 4. The molecule has 1 fully saturated rings. The summed E-state index contributed by atoms with van der Waals surface area (Å²) in [5.41, 5.74) is 0.729. The van der Waals surface area contributed by atoms with E-state index in [2.05, 4.69) is 0 Å². The fourth-order valence-corrected chi connectivity index (χ4v) is 4.60. The minimum atomic E-state index is -0.773. The van der Waals surface area contributed by atoms with E-state index in [1.807, 2.05) is 6.08 Å². The van der Waals surface area contributed by atoms with E-state index < -0.39 is 12.1 Å². The van der Waals surface area contributed by atoms with Crippen LogP contribution in [0.4, 0.5) is 0 Å². The maximum absolute atomic E-state index is 12.2. The summed E-state index contributed by atoms with van der Waals surface area (Å²) in [5, 5.41) is 21.1. The lowest BCUT2D eigenvalue weighted by Crippen LogP contribution is -2.18. The van der Waals surface area contributed by atoms with Gasteiger partial charge >= 0.3 is 5.97 Å². The minimum absolute atomic E-state index is 0.0928. The number of carbonyl (C=O) groups is 2. The molecule has 0 unspecified atom stereocenters. The molecule has 0 amide bonds. The van der Waals surface area contributed by atoms with Gasteiger partial charge in [-0.2, -0.15) is 0 Å². The number of carbonyl (C=O) groups excluding carboxylic acids is 1. The summed E-state index contributed by atoms with van der Waals surface area (Å²) in [6.45, 7) is 0. The van der Waals surface area contributed by atoms with E-state index >= 15 is 0 Å². The van der Waals surface area contributed by atoms with E-state index in [0.29, 0.717) is 22.2 Å². The highest BCUT2D eigenvalue weighted by atomic mass is 35.5. The predicted octanol–water partition coefficient (Wildman–Crippen LogP) is 5.06. The molecule has 4 nitrogen and oxygen atoms in total. The van der Waals surface area contributed by atoms with E-state index in [1.54, 1.807) is 11.5 Å². The Kier molecular flexibility index (Phi) is 7.94. The standard InChI is InChI=1S/C18H22Cl2O4S/c19-14-10-25-18(20)13(14)8-7-12-11(15(21)9-16(12)22)5-3-1-2-4-6-17(23)24/h7-8,10-12,16,22H,1-6,9H2,(H,23,24)/t11-,12-,16+/m0/s1. The normalized spacial score (nSPS) is 23.6. The van der Waals surface area contributed by atoms with Gasteiger partial charge < -0.3 is 10.2 Å². The van der Waals surface area contributed by atoms with Crippen molar-refractivity contribution in [3.05, 3.63) is 26.4 Å². The van der Waals surface area contributed by atoms with Gasteiger partial charge in [-0.25, -0.2) is 0 Å². The van der Waals surface area contributed by atoms with E-state index in [4.69, 9.17) is 28.3 Å². The summed E-state index contributed by atoms with van der Waals surface area (Å²) in [4.78, 5) is 22.7. The second-order valence-electron chi connectivity index (χ2n) is 6.40. The summed E-state index contributed by atoms with van der Waals surface area (Å²) in [6.07, 6.45) is 7.32. The average molecular weight is 405 g/mol. The van der Waals surface area contributed by atoms with Gasteiger partial charge in [-0.15, -0.1) is 11.3 Å². The fraction of sp³-hybridized carbons (Fsp3) is 0.556. The Labute approximate surface area is 161 Å². The molecule has 0 aliphatic heterocycles. The number of Topliss-reactive ketones (excluding diaryl/α,β-unsaturated/α-hetero) is 1. The number of aliphatic hydroxyl groups excluding tert-OH is 1. The van der Waals surface area contributed by atoms with Crippen molar-refractivity contribution in [3.63, 3.8) is 0 Å². The highest BCUT2D eigenvalue weighted by molar-refractivity contribution is 7.15. The van der Waals surface area contributed by atoms with Crippen LogP contribution in [0.2, 0.25) is 9.36 Å². The van der Waals surface area contributed by atoms with Crippen molar-refractivity contribution >= 4 is 52.4 Å². The Morgan fingerprint density at radius 1 is 1.28 bits per heavy atom. The molecule has 1 saturated carbocycles. The number of unbranched alkanes of at least 4 members (excludes halogenated alkanes) is 3. The quantitative estimate of drug-likeness (QED) is 0.563. The van der Waals surface area contributed by atoms with Gasteiger partial charge in [-0.3, -0.25) is 9.59 Å². The third-order valence-corrected chi connectivity index (χ3v) is 6.30. The van der Waals surface area contributed by atoms with Gasteiger partial charge in [-0.05, 0) is 12.8 Å². The molecular formula is C18H22Cl2O4S. The van der Waals surface area contributed by atoms with Gasteiger partial charge in [0.05, 0.1) is 11.1 Å². The van der Waals surface area contributed by atoms with E-state index in [-0.39, 0.29) is 30.5 Å². The number of aliphatic hydroxyl groups is 1. The highest BCUT2D eigenvalue weighted by Gasteiger charge is 2.39. The fourth-order valence-electron chi connectivity index (χ4n) is 3.26. The van der Waals surface area contributed by atoms with Crippen LogP contribution in [0, 0.1) is 11.8 Å². The lowest BCUT2D eigenvalue weighted by Gasteiger charge is -2.17. The summed E-state index contributed by atoms with van der Waals surface area (Å²) in [5.74, 6) is -1.10. The van der Waals surface area contributed by atoms with Gasteiger partial charge in [-0.1, -0.05) is 54.6 Å². The van der Waals surface area contributed by atoms with Crippen molar-refractivity contribution in [2.45, 2.75) is 51.0 Å². The molecule has 0 bridgehead atoms. The molecule has 2 N–H and O–H groups in total. The van der Waals surface area contributed by atoms with Crippen LogP contribution in [0.15, 0.2) is 11.5 Å². The molecule has 0 spiro atoms. The highest BCUT2D eigenvalue weighted by Crippen LogP contribution is 2.37. The Hall–Kier alpha value is -0.880. The Morgan fingerprint density at radius 2 is 2.00 bits per heavy atom. The maximum atomic E-state index is 12.2. The molecule has 0 aromatic carbocycles. The van der Waals surface area contributed by atoms with Crippen molar-refractivity contribution in [1.29, 1.82) is 0 Å². The van der Waals surface area contributed by atoms with Gasteiger partial charge in [0, 0.05) is 35.6 Å². The van der Waals surface area contributed by atoms with E-state index in [0.717, 1.165) is 24.8 Å². The second kappa shape index (κ2) is 9.72. The lowest BCUT2D eigenvalue weighted by molar-refractivity contribution is -0.137. The van der Waals surface area contributed by atoms with Crippen molar-refractivity contribution in [2.24, 2.45) is 11.8 Å². The van der Waals surface area contributed by atoms with Crippen LogP contribution < -0.4 is 0 Å². The molecule has 25 heavy (non-hydrogen) atoms. The third kappa shape index (κ3) is 5.81. The molecule has 0 radical (unpaired) electrons. The number of halogens is 2. The lowest BCUT2D eigenvalue weighted by atomic mass is 9.88. The molecule has 2 rings (SSSR count). The summed E-state index contributed by atoms with van der Waals surface area (Å²) in [7, 11) is 0. The van der Waals surface area contributed by atoms with E-state index in [1.165, 1.54) is 11.3 Å². The van der Waals surface area contributed by atoms with Crippen LogP contribution in [0.3, 0.4) is 0 Å². The van der Waals surface area contributed by atoms with Crippen LogP contribution in [0.25, 0.3) is 6.08 Å². The van der Waals surface area contributed by atoms with Crippen LogP contribution in [0.1, 0.15) is 50.5 Å². The van der Waals surface area contributed by atoms with Crippen LogP contribution in [0.5, 0.6) is 0 Å². The first-order valence-electron chi connectivity index (χ1n) is 8.43. The SMILES string of the molecule is O=C(O)CCCCCC[C@@H]1C(=O)C[C@@H](O)[C@H]1C=Cc1c(Cl)csc1Cl. The number of rotatable bonds is 9. The van der Waals surface area contributed by atoms with Crippen molar-refractivity contribution in [3.8, 4) is 0 Å². The monoisotopic (exact) mass is 404 g/mol. The second-order valence-corrected chi connectivity index (χ2v) is 8.29. The number of carboxylic acid groups (broad SMARTS) is 1. The van der Waals surface area contributed by atoms with Crippen molar-refractivity contribution < 1.29 is 19.8 Å². The molecule has 1 aliphatic rings. The first-order chi connectivity index (χ1) is 11.9. The maximum Gasteiger partial charge on any atom is 0.303 e. The molecule has 1 aliphatic carbocycles. The Morgan fingerprint density at radius 3 is 2.64 bits per heavy atom. The zero-order valence-corrected chi connectivity index (χ0v) is 16.1. The first kappa shape index (κ1) is 20.4. The Bertz CT molecular complexity index is 622. The zero-order valence-electron chi connectivity index (χ0n) is 13.8. The van der Waals surface area contributed by atoms with Crippen molar-refractivity contribution in [2.75, 3.05) is 0 Å². The first-order valence-corrected chi connectivity index (χ1v) is 10.1. The Balaban J connectivity index is 1.89. The topological polar surface area (TPSA) is 74.6 Å². The molecule has 1 heterocycles. The van der Waals surface area contributed by atoms with Gasteiger partial charge in [0.25, 0.3) is 0 Å². The number of ketones is 1. The molecule has 3 atom stereocenters. The molecule has 7 heteroatoms. The van der Waals surface area contributed by atoms with Crippen LogP contribution >= 0.6 is 34.5 Å². The number of hydrogen-bond donors (Lipinski definition) is 2. The molecule has 0 saturated heterocycles. The summed E-state index contributed by atoms with van der Waals surface area (Å²) < 4.78 is 0.593. The smallest absolute Gasteiger partial charge is 0.303 e. The average Bonchev–Trinajstić information content (AvgIpc) is 3.00.